The van der Waals surface area contributed by atoms with E-state index in [0.29, 0.717) is 6.61 Å². The van der Waals surface area contributed by atoms with Crippen molar-refractivity contribution in [2.45, 2.75) is 39.4 Å². The lowest BCUT2D eigenvalue weighted by atomic mass is 9.71. The normalized spacial score (nSPS) is 21.1. The van der Waals surface area contributed by atoms with Crippen LogP contribution in [-0.2, 0) is 20.9 Å². The maximum atomic E-state index is 12.1. The molecule has 168 valence electrons. The Labute approximate surface area is 174 Å². The molecule has 1 unspecified atom stereocenters. The van der Waals surface area contributed by atoms with Crippen molar-refractivity contribution in [2.24, 2.45) is 11.3 Å². The lowest BCUT2D eigenvalue weighted by Gasteiger charge is -2.41. The molecule has 2 heterocycles. The lowest BCUT2D eigenvalue weighted by molar-refractivity contribution is -0.192. The number of methoxy groups -OCH3 is 1. The van der Waals surface area contributed by atoms with Crippen LogP contribution in [0.4, 0.5) is 13.2 Å². The number of ether oxygens (including phenoxy) is 1. The van der Waals surface area contributed by atoms with Gasteiger partial charge >= 0.3 is 12.1 Å². The first kappa shape index (κ1) is 24.1. The Morgan fingerprint density at radius 2 is 1.90 bits per heavy atom. The molecule has 0 radical (unpaired) electrons. The monoisotopic (exact) mass is 430 g/mol. The second-order valence-electron chi connectivity index (χ2n) is 8.10. The van der Waals surface area contributed by atoms with Gasteiger partial charge in [0.15, 0.2) is 0 Å². The second-order valence-corrected chi connectivity index (χ2v) is 8.10. The Hall–Kier alpha value is -2.13. The summed E-state index contributed by atoms with van der Waals surface area (Å²) >= 11 is 0. The number of aliphatic carboxylic acids is 1. The summed E-state index contributed by atoms with van der Waals surface area (Å²) in [5.74, 6) is -2.56. The molecular formula is C21H29F3N2O4. The van der Waals surface area contributed by atoms with E-state index in [1.54, 1.807) is 7.11 Å². The van der Waals surface area contributed by atoms with Crippen LogP contribution in [0.15, 0.2) is 18.2 Å². The molecule has 2 aliphatic rings. The Balaban J connectivity index is 0.000000396. The summed E-state index contributed by atoms with van der Waals surface area (Å²) in [6, 6.07) is 6.69. The molecule has 3 rings (SSSR count). The number of rotatable bonds is 4. The lowest BCUT2D eigenvalue weighted by Crippen LogP contribution is -2.45. The van der Waals surface area contributed by atoms with Crippen LogP contribution in [0.2, 0.25) is 0 Å². The minimum Gasteiger partial charge on any atom is -0.475 e. The average Bonchev–Trinajstić information content (AvgIpc) is 2.96. The molecule has 1 spiro atoms. The van der Waals surface area contributed by atoms with Crippen LogP contribution in [0.3, 0.4) is 0 Å². The highest BCUT2D eigenvalue weighted by atomic mass is 19.4. The van der Waals surface area contributed by atoms with Gasteiger partial charge in [-0.05, 0) is 50.9 Å². The standard InChI is InChI=1S/C19H28N2O2.C2HF3O2/c1-14-4-5-15(2)16(10-14)11-21-8-6-19(7-9-21)13-20-18(22)17(19)12-23-3;3-2(4,5)1(6)7/h4-5,10,17H,6-9,11-13H2,1-3H3,(H,20,22);(H,6,7). The molecule has 1 atom stereocenters. The van der Waals surface area contributed by atoms with Crippen LogP contribution in [0.1, 0.15) is 29.5 Å². The molecule has 1 amide bonds. The van der Waals surface area contributed by atoms with Gasteiger partial charge < -0.3 is 15.2 Å². The third kappa shape index (κ3) is 5.95. The maximum Gasteiger partial charge on any atom is 0.490 e. The average molecular weight is 430 g/mol. The predicted octanol–water partition coefficient (Wildman–Crippen LogP) is 2.91. The highest BCUT2D eigenvalue weighted by molar-refractivity contribution is 5.82. The molecular weight excluding hydrogens is 401 g/mol. The number of carbonyl (C=O) groups excluding carboxylic acids is 1. The third-order valence-corrected chi connectivity index (χ3v) is 6.00. The molecule has 2 aliphatic heterocycles. The van der Waals surface area contributed by atoms with Gasteiger partial charge in [-0.3, -0.25) is 9.69 Å². The number of hydrogen-bond acceptors (Lipinski definition) is 4. The van der Waals surface area contributed by atoms with Crippen LogP contribution in [0.25, 0.3) is 0 Å². The van der Waals surface area contributed by atoms with Gasteiger partial charge in [0.05, 0.1) is 12.5 Å². The first-order valence-electron chi connectivity index (χ1n) is 9.84. The number of halogens is 3. The van der Waals surface area contributed by atoms with E-state index in [1.807, 2.05) is 0 Å². The Morgan fingerprint density at radius 3 is 2.43 bits per heavy atom. The van der Waals surface area contributed by atoms with Gasteiger partial charge in [-0.15, -0.1) is 0 Å². The largest absolute Gasteiger partial charge is 0.490 e. The van der Waals surface area contributed by atoms with Crippen molar-refractivity contribution in [2.75, 3.05) is 33.4 Å². The number of likely N-dealkylation sites (tertiary alicyclic amines) is 1. The number of amides is 1. The number of nitrogens with zero attached hydrogens (tertiary/aromatic N) is 1. The summed E-state index contributed by atoms with van der Waals surface area (Å²) in [5, 5.41) is 10.2. The number of carboxylic acid groups (broad SMARTS) is 1. The van der Waals surface area contributed by atoms with E-state index in [9.17, 15) is 18.0 Å². The van der Waals surface area contributed by atoms with Crippen LogP contribution >= 0.6 is 0 Å². The number of hydrogen-bond donors (Lipinski definition) is 2. The van der Waals surface area contributed by atoms with Crippen molar-refractivity contribution >= 4 is 11.9 Å². The highest BCUT2D eigenvalue weighted by Crippen LogP contribution is 2.42. The third-order valence-electron chi connectivity index (χ3n) is 6.00. The molecule has 30 heavy (non-hydrogen) atoms. The van der Waals surface area contributed by atoms with Crippen LogP contribution in [-0.4, -0.2) is 61.4 Å². The van der Waals surface area contributed by atoms with E-state index in [1.165, 1.54) is 16.7 Å². The zero-order valence-corrected chi connectivity index (χ0v) is 17.5. The van der Waals surface area contributed by atoms with Crippen molar-refractivity contribution in [3.63, 3.8) is 0 Å². The fourth-order valence-corrected chi connectivity index (χ4v) is 4.10. The zero-order chi connectivity index (χ0) is 22.5. The molecule has 6 nitrogen and oxygen atoms in total. The van der Waals surface area contributed by atoms with E-state index in [2.05, 4.69) is 42.3 Å². The van der Waals surface area contributed by atoms with Crippen molar-refractivity contribution in [1.29, 1.82) is 0 Å². The SMILES string of the molecule is COCC1C(=O)NCC12CCN(Cc1cc(C)ccc1C)CC2.O=C(O)C(F)(F)F. The summed E-state index contributed by atoms with van der Waals surface area (Å²) in [6.07, 6.45) is -2.94. The van der Waals surface area contributed by atoms with E-state index in [4.69, 9.17) is 14.6 Å². The van der Waals surface area contributed by atoms with Crippen molar-refractivity contribution in [3.8, 4) is 0 Å². The Bertz CT molecular complexity index is 759. The summed E-state index contributed by atoms with van der Waals surface area (Å²) in [5.41, 5.74) is 4.22. The molecule has 0 bridgehead atoms. The number of aryl methyl sites for hydroxylation is 2. The highest BCUT2D eigenvalue weighted by Gasteiger charge is 2.49. The van der Waals surface area contributed by atoms with E-state index < -0.39 is 12.1 Å². The molecule has 1 aromatic rings. The number of nitrogens with one attached hydrogen (secondary N) is 1. The number of carbonyl (C=O) groups is 2. The van der Waals surface area contributed by atoms with Gasteiger partial charge in [-0.1, -0.05) is 23.8 Å². The summed E-state index contributed by atoms with van der Waals surface area (Å²) < 4.78 is 37.0. The number of carboxylic acids is 1. The summed E-state index contributed by atoms with van der Waals surface area (Å²) in [7, 11) is 1.69. The second kappa shape index (κ2) is 9.78. The minimum absolute atomic E-state index is 0.0235. The summed E-state index contributed by atoms with van der Waals surface area (Å²) in [6.45, 7) is 8.83. The maximum absolute atomic E-state index is 12.1. The molecule has 2 saturated heterocycles. The number of piperidine rings is 1. The predicted molar refractivity (Wildman–Crippen MR) is 105 cm³/mol. The first-order valence-corrected chi connectivity index (χ1v) is 9.84. The topological polar surface area (TPSA) is 78.9 Å². The van der Waals surface area contributed by atoms with Crippen LogP contribution in [0, 0.1) is 25.2 Å². The van der Waals surface area contributed by atoms with Gasteiger partial charge in [0.2, 0.25) is 5.91 Å². The minimum atomic E-state index is -5.08. The van der Waals surface area contributed by atoms with Gasteiger partial charge in [-0.2, -0.15) is 13.2 Å². The van der Waals surface area contributed by atoms with Crippen molar-refractivity contribution in [1.82, 2.24) is 10.2 Å². The Kier molecular flexibility index (Phi) is 7.87. The van der Waals surface area contributed by atoms with Gasteiger partial charge in [0.1, 0.15) is 0 Å². The Morgan fingerprint density at radius 1 is 1.30 bits per heavy atom. The fraction of sp³-hybridized carbons (Fsp3) is 0.619. The van der Waals surface area contributed by atoms with Gasteiger partial charge in [-0.25, -0.2) is 4.79 Å². The molecule has 1 aromatic carbocycles. The van der Waals surface area contributed by atoms with Crippen LogP contribution in [0.5, 0.6) is 0 Å². The van der Waals surface area contributed by atoms with E-state index in [0.717, 1.165) is 39.0 Å². The molecule has 0 aromatic heterocycles. The van der Waals surface area contributed by atoms with Crippen molar-refractivity contribution < 1.29 is 32.6 Å². The molecule has 2 fully saturated rings. The zero-order valence-electron chi connectivity index (χ0n) is 17.5. The van der Waals surface area contributed by atoms with E-state index >= 15 is 0 Å². The number of alkyl halides is 3. The molecule has 9 heteroatoms. The van der Waals surface area contributed by atoms with Gasteiger partial charge in [0, 0.05) is 25.6 Å². The molecule has 0 aliphatic carbocycles. The smallest absolute Gasteiger partial charge is 0.475 e. The summed E-state index contributed by atoms with van der Waals surface area (Å²) in [4.78, 5) is 23.5. The molecule has 2 N–H and O–H groups in total. The van der Waals surface area contributed by atoms with Crippen molar-refractivity contribution in [3.05, 3.63) is 34.9 Å². The molecule has 0 saturated carbocycles. The quantitative estimate of drug-likeness (QED) is 0.768. The first-order chi connectivity index (χ1) is 14.0. The van der Waals surface area contributed by atoms with E-state index in [-0.39, 0.29) is 17.2 Å². The number of benzene rings is 1. The fourth-order valence-electron chi connectivity index (χ4n) is 4.10. The van der Waals surface area contributed by atoms with Crippen LogP contribution < -0.4 is 5.32 Å². The van der Waals surface area contributed by atoms with Gasteiger partial charge in [0.25, 0.3) is 0 Å².